The first-order valence-corrected chi connectivity index (χ1v) is 10.6. The third-order valence-corrected chi connectivity index (χ3v) is 5.20. The molecule has 0 spiro atoms. The molecule has 2 rings (SSSR count). The number of benzene rings is 1. The van der Waals surface area contributed by atoms with Gasteiger partial charge in [0, 0.05) is 26.2 Å². The van der Waals surface area contributed by atoms with Crippen molar-refractivity contribution in [3.05, 3.63) is 23.8 Å². The SMILES string of the molecule is CCNC(=NCCCNS(=O)(=O)CC)NCCc1ccc2c(c1)OCO2. The molecule has 1 heterocycles. The standard InChI is InChI=1S/C17H28N4O4S/c1-3-18-17(19-9-5-10-21-26(22,23)4-2)20-11-8-14-6-7-15-16(12-14)25-13-24-15/h6-7,12,21H,3-5,8-11,13H2,1-2H3,(H2,18,19,20). The predicted molar refractivity (Wildman–Crippen MR) is 102 cm³/mol. The number of sulfonamides is 1. The fourth-order valence-electron chi connectivity index (χ4n) is 2.36. The second-order valence-corrected chi connectivity index (χ2v) is 7.87. The molecule has 1 aromatic rings. The number of hydrogen-bond acceptors (Lipinski definition) is 5. The lowest BCUT2D eigenvalue weighted by atomic mass is 10.1. The molecular formula is C17H28N4O4S. The van der Waals surface area contributed by atoms with Crippen molar-refractivity contribution < 1.29 is 17.9 Å². The third kappa shape index (κ3) is 6.72. The number of nitrogens with zero attached hydrogens (tertiary/aromatic N) is 1. The summed E-state index contributed by atoms with van der Waals surface area (Å²) in [4.78, 5) is 4.46. The highest BCUT2D eigenvalue weighted by Crippen LogP contribution is 2.32. The Morgan fingerprint density at radius 1 is 1.15 bits per heavy atom. The van der Waals surface area contributed by atoms with Gasteiger partial charge in [0.2, 0.25) is 16.8 Å². The molecule has 0 saturated carbocycles. The van der Waals surface area contributed by atoms with E-state index in [0.29, 0.717) is 19.5 Å². The van der Waals surface area contributed by atoms with Gasteiger partial charge >= 0.3 is 0 Å². The molecule has 8 nitrogen and oxygen atoms in total. The van der Waals surface area contributed by atoms with E-state index in [4.69, 9.17) is 9.47 Å². The Morgan fingerprint density at radius 3 is 2.73 bits per heavy atom. The smallest absolute Gasteiger partial charge is 0.231 e. The van der Waals surface area contributed by atoms with Crippen LogP contribution < -0.4 is 24.8 Å². The van der Waals surface area contributed by atoms with Crippen LogP contribution in [-0.4, -0.2) is 53.1 Å². The molecule has 1 aliphatic heterocycles. The van der Waals surface area contributed by atoms with Crippen molar-refractivity contribution in [1.29, 1.82) is 0 Å². The Labute approximate surface area is 155 Å². The molecule has 1 aliphatic rings. The zero-order valence-electron chi connectivity index (χ0n) is 15.4. The van der Waals surface area contributed by atoms with Crippen LogP contribution in [0.5, 0.6) is 11.5 Å². The molecule has 0 unspecified atom stereocenters. The first-order valence-electron chi connectivity index (χ1n) is 8.92. The van der Waals surface area contributed by atoms with Gasteiger partial charge < -0.3 is 20.1 Å². The molecule has 0 aromatic heterocycles. The Kier molecular flexibility index (Phi) is 7.99. The van der Waals surface area contributed by atoms with Gasteiger partial charge in [-0.05, 0) is 44.4 Å². The van der Waals surface area contributed by atoms with Gasteiger partial charge in [0.15, 0.2) is 17.5 Å². The van der Waals surface area contributed by atoms with E-state index >= 15 is 0 Å². The Bertz CT molecular complexity index is 707. The van der Waals surface area contributed by atoms with Crippen LogP contribution in [0.2, 0.25) is 0 Å². The van der Waals surface area contributed by atoms with Crippen molar-refractivity contribution in [2.75, 3.05) is 38.7 Å². The van der Waals surface area contributed by atoms with Crippen LogP contribution in [-0.2, 0) is 16.4 Å². The van der Waals surface area contributed by atoms with Gasteiger partial charge in [0.05, 0.1) is 5.75 Å². The molecule has 0 amide bonds. The number of rotatable bonds is 10. The van der Waals surface area contributed by atoms with E-state index in [0.717, 1.165) is 42.5 Å². The van der Waals surface area contributed by atoms with Crippen LogP contribution in [0.1, 0.15) is 25.8 Å². The first kappa shape index (κ1) is 20.3. The van der Waals surface area contributed by atoms with Crippen molar-refractivity contribution in [2.45, 2.75) is 26.7 Å². The number of hydrogen-bond donors (Lipinski definition) is 3. The van der Waals surface area contributed by atoms with E-state index in [2.05, 4.69) is 20.3 Å². The average Bonchev–Trinajstić information content (AvgIpc) is 3.09. The molecule has 0 bridgehead atoms. The molecule has 0 saturated heterocycles. The summed E-state index contributed by atoms with van der Waals surface area (Å²) in [5.74, 6) is 2.40. The average molecular weight is 385 g/mol. The Hall–Kier alpha value is -2.00. The number of nitrogens with one attached hydrogen (secondary N) is 3. The summed E-state index contributed by atoms with van der Waals surface area (Å²) in [5.41, 5.74) is 1.16. The minimum Gasteiger partial charge on any atom is -0.454 e. The summed E-state index contributed by atoms with van der Waals surface area (Å²) in [6.45, 7) is 6.34. The second-order valence-electron chi connectivity index (χ2n) is 5.78. The fourth-order valence-corrected chi connectivity index (χ4v) is 3.02. The van der Waals surface area contributed by atoms with Gasteiger partial charge in [-0.1, -0.05) is 6.07 Å². The van der Waals surface area contributed by atoms with Crippen molar-refractivity contribution in [2.24, 2.45) is 4.99 Å². The second kappa shape index (κ2) is 10.2. The number of guanidine groups is 1. The maximum Gasteiger partial charge on any atom is 0.231 e. The maximum atomic E-state index is 11.4. The molecule has 26 heavy (non-hydrogen) atoms. The van der Waals surface area contributed by atoms with Gasteiger partial charge in [-0.2, -0.15) is 0 Å². The summed E-state index contributed by atoms with van der Waals surface area (Å²) in [6, 6.07) is 5.95. The molecular weight excluding hydrogens is 356 g/mol. The molecule has 0 atom stereocenters. The van der Waals surface area contributed by atoms with Crippen molar-refractivity contribution >= 4 is 16.0 Å². The van der Waals surface area contributed by atoms with E-state index < -0.39 is 10.0 Å². The largest absolute Gasteiger partial charge is 0.454 e. The van der Waals surface area contributed by atoms with Crippen LogP contribution in [0, 0.1) is 0 Å². The van der Waals surface area contributed by atoms with E-state index in [1.165, 1.54) is 0 Å². The molecule has 146 valence electrons. The summed E-state index contributed by atoms with van der Waals surface area (Å²) in [7, 11) is -3.13. The van der Waals surface area contributed by atoms with E-state index in [1.54, 1.807) is 6.92 Å². The number of aliphatic imine (C=N–C) groups is 1. The molecule has 9 heteroatoms. The highest BCUT2D eigenvalue weighted by Gasteiger charge is 2.12. The van der Waals surface area contributed by atoms with E-state index in [-0.39, 0.29) is 12.5 Å². The maximum absolute atomic E-state index is 11.4. The van der Waals surface area contributed by atoms with Crippen LogP contribution in [0.3, 0.4) is 0 Å². The zero-order valence-corrected chi connectivity index (χ0v) is 16.2. The van der Waals surface area contributed by atoms with Gasteiger partial charge in [-0.3, -0.25) is 4.99 Å². The predicted octanol–water partition coefficient (Wildman–Crippen LogP) is 0.842. The minimum absolute atomic E-state index is 0.0975. The van der Waals surface area contributed by atoms with Crippen LogP contribution in [0.4, 0.5) is 0 Å². The lowest BCUT2D eigenvalue weighted by molar-refractivity contribution is 0.174. The summed E-state index contributed by atoms with van der Waals surface area (Å²) in [5, 5.41) is 6.47. The molecule has 3 N–H and O–H groups in total. The van der Waals surface area contributed by atoms with E-state index in [9.17, 15) is 8.42 Å². The summed E-state index contributed by atoms with van der Waals surface area (Å²) < 4.78 is 36.0. The van der Waals surface area contributed by atoms with Gasteiger partial charge in [-0.25, -0.2) is 13.1 Å². The van der Waals surface area contributed by atoms with Crippen molar-refractivity contribution in [1.82, 2.24) is 15.4 Å². The van der Waals surface area contributed by atoms with Crippen molar-refractivity contribution in [3.8, 4) is 11.5 Å². The Balaban J connectivity index is 1.73. The van der Waals surface area contributed by atoms with Crippen LogP contribution in [0.15, 0.2) is 23.2 Å². The molecule has 0 aliphatic carbocycles. The quantitative estimate of drug-likeness (QED) is 0.314. The topological polar surface area (TPSA) is 101 Å². The molecule has 0 radical (unpaired) electrons. The lowest BCUT2D eigenvalue weighted by Gasteiger charge is -2.11. The Morgan fingerprint density at radius 2 is 1.96 bits per heavy atom. The summed E-state index contributed by atoms with van der Waals surface area (Å²) >= 11 is 0. The lowest BCUT2D eigenvalue weighted by Crippen LogP contribution is -2.38. The van der Waals surface area contributed by atoms with Gasteiger partial charge in [0.1, 0.15) is 0 Å². The fraction of sp³-hybridized carbons (Fsp3) is 0.588. The number of ether oxygens (including phenoxy) is 2. The highest BCUT2D eigenvalue weighted by molar-refractivity contribution is 7.89. The van der Waals surface area contributed by atoms with E-state index in [1.807, 2.05) is 25.1 Å². The minimum atomic E-state index is -3.13. The monoisotopic (exact) mass is 384 g/mol. The highest BCUT2D eigenvalue weighted by atomic mass is 32.2. The normalized spacial score (nSPS) is 13.7. The zero-order chi connectivity index (χ0) is 18.8. The number of fused-ring (bicyclic) bond motifs is 1. The summed E-state index contributed by atoms with van der Waals surface area (Å²) in [6.07, 6.45) is 1.48. The van der Waals surface area contributed by atoms with Crippen LogP contribution >= 0.6 is 0 Å². The van der Waals surface area contributed by atoms with Gasteiger partial charge in [0.25, 0.3) is 0 Å². The first-order chi connectivity index (χ1) is 12.5. The molecule has 0 fully saturated rings. The third-order valence-electron chi connectivity index (χ3n) is 3.79. The van der Waals surface area contributed by atoms with Crippen LogP contribution in [0.25, 0.3) is 0 Å². The van der Waals surface area contributed by atoms with Gasteiger partial charge in [-0.15, -0.1) is 0 Å². The molecule has 1 aromatic carbocycles. The van der Waals surface area contributed by atoms with Crippen molar-refractivity contribution in [3.63, 3.8) is 0 Å².